The van der Waals surface area contributed by atoms with Crippen LogP contribution in [0.1, 0.15) is 29.5 Å². The lowest BCUT2D eigenvalue weighted by molar-refractivity contribution is 0.303. The molecule has 0 aliphatic rings. The fraction of sp³-hybridized carbons (Fsp3) is 0.350. The molecule has 0 unspecified atom stereocenters. The molecule has 0 amide bonds. The summed E-state index contributed by atoms with van der Waals surface area (Å²) in [7, 11) is 0. The lowest BCUT2D eigenvalue weighted by Crippen LogP contribution is -2.01. The zero-order chi connectivity index (χ0) is 16.2. The molecule has 0 aliphatic carbocycles. The summed E-state index contributed by atoms with van der Waals surface area (Å²) in [6.07, 6.45) is 4.08. The van der Waals surface area contributed by atoms with Crippen LogP contribution in [0.25, 0.3) is 11.0 Å². The van der Waals surface area contributed by atoms with Gasteiger partial charge in [-0.1, -0.05) is 17.7 Å². The summed E-state index contributed by atoms with van der Waals surface area (Å²) in [5, 5.41) is 0. The maximum absolute atomic E-state index is 5.78. The van der Waals surface area contributed by atoms with Gasteiger partial charge in [0, 0.05) is 6.54 Å². The van der Waals surface area contributed by atoms with Crippen LogP contribution >= 0.6 is 0 Å². The molecular formula is C20H24N2O. The number of benzene rings is 2. The molecule has 3 nitrogen and oxygen atoms in total. The third-order valence-corrected chi connectivity index (χ3v) is 4.32. The van der Waals surface area contributed by atoms with Crippen LogP contribution in [0.2, 0.25) is 0 Å². The Morgan fingerprint density at radius 1 is 0.957 bits per heavy atom. The second kappa shape index (κ2) is 6.86. The molecule has 0 N–H and O–H groups in total. The van der Waals surface area contributed by atoms with Crippen LogP contribution in [0.4, 0.5) is 0 Å². The van der Waals surface area contributed by atoms with Gasteiger partial charge in [-0.25, -0.2) is 4.98 Å². The van der Waals surface area contributed by atoms with Gasteiger partial charge in [0.05, 0.1) is 24.0 Å². The van der Waals surface area contributed by atoms with Gasteiger partial charge in [0.25, 0.3) is 0 Å². The number of fused-ring (bicyclic) bond motifs is 1. The third kappa shape index (κ3) is 3.73. The van der Waals surface area contributed by atoms with Crippen LogP contribution in [0.3, 0.4) is 0 Å². The molecule has 3 aromatic rings. The van der Waals surface area contributed by atoms with Crippen molar-refractivity contribution in [3.8, 4) is 5.75 Å². The van der Waals surface area contributed by atoms with Crippen molar-refractivity contribution < 1.29 is 4.74 Å². The van der Waals surface area contributed by atoms with Gasteiger partial charge in [-0.15, -0.1) is 0 Å². The van der Waals surface area contributed by atoms with Gasteiger partial charge in [-0.2, -0.15) is 0 Å². The van der Waals surface area contributed by atoms with Crippen molar-refractivity contribution in [3.63, 3.8) is 0 Å². The molecule has 3 rings (SSSR count). The smallest absolute Gasteiger partial charge is 0.119 e. The summed E-state index contributed by atoms with van der Waals surface area (Å²) in [6.45, 7) is 8.12. The lowest BCUT2D eigenvalue weighted by Gasteiger charge is -2.08. The molecule has 0 saturated carbocycles. The quantitative estimate of drug-likeness (QED) is 0.610. The Bertz CT molecular complexity index is 787. The number of ether oxygens (including phenoxy) is 1. The molecule has 3 heteroatoms. The van der Waals surface area contributed by atoms with Gasteiger partial charge in [0.15, 0.2) is 0 Å². The van der Waals surface area contributed by atoms with Crippen molar-refractivity contribution in [1.82, 2.24) is 9.55 Å². The van der Waals surface area contributed by atoms with Crippen LogP contribution in [-0.2, 0) is 6.54 Å². The number of imidazole rings is 1. The van der Waals surface area contributed by atoms with Crippen molar-refractivity contribution in [2.24, 2.45) is 0 Å². The summed E-state index contributed by atoms with van der Waals surface area (Å²) in [4.78, 5) is 4.51. The van der Waals surface area contributed by atoms with E-state index in [-0.39, 0.29) is 0 Å². The van der Waals surface area contributed by atoms with E-state index in [9.17, 15) is 0 Å². The fourth-order valence-corrected chi connectivity index (χ4v) is 2.70. The molecule has 0 aliphatic heterocycles. The van der Waals surface area contributed by atoms with Crippen LogP contribution < -0.4 is 4.74 Å². The van der Waals surface area contributed by atoms with Gasteiger partial charge in [0.1, 0.15) is 5.75 Å². The zero-order valence-corrected chi connectivity index (χ0v) is 14.2. The molecule has 23 heavy (non-hydrogen) atoms. The van der Waals surface area contributed by atoms with E-state index in [1.54, 1.807) is 0 Å². The predicted molar refractivity (Wildman–Crippen MR) is 95.1 cm³/mol. The molecular weight excluding hydrogens is 284 g/mol. The Balaban J connectivity index is 1.51. The summed E-state index contributed by atoms with van der Waals surface area (Å²) in [6, 6.07) is 12.6. The summed E-state index contributed by atoms with van der Waals surface area (Å²) in [5.41, 5.74) is 6.20. The number of hydrogen-bond acceptors (Lipinski definition) is 2. The predicted octanol–water partition coefficient (Wildman–Crippen LogP) is 4.82. The fourth-order valence-electron chi connectivity index (χ4n) is 2.70. The van der Waals surface area contributed by atoms with Gasteiger partial charge in [-0.3, -0.25) is 0 Å². The molecule has 0 saturated heterocycles. The van der Waals surface area contributed by atoms with E-state index in [1.807, 2.05) is 18.5 Å². The average Bonchev–Trinajstić information content (AvgIpc) is 2.91. The second-order valence-corrected chi connectivity index (χ2v) is 6.23. The maximum Gasteiger partial charge on any atom is 0.119 e. The number of aryl methyl sites for hydroxylation is 4. The van der Waals surface area contributed by atoms with Gasteiger partial charge in [0.2, 0.25) is 0 Å². The van der Waals surface area contributed by atoms with Crippen LogP contribution in [0.15, 0.2) is 42.7 Å². The summed E-state index contributed by atoms with van der Waals surface area (Å²) < 4.78 is 8.02. The first-order valence-electron chi connectivity index (χ1n) is 8.25. The molecule has 0 bridgehead atoms. The Labute approximate surface area is 137 Å². The number of aromatic nitrogens is 2. The highest BCUT2D eigenvalue weighted by Crippen LogP contribution is 2.19. The average molecular weight is 308 g/mol. The molecule has 120 valence electrons. The highest BCUT2D eigenvalue weighted by atomic mass is 16.5. The highest BCUT2D eigenvalue weighted by Gasteiger charge is 2.04. The molecule has 1 aromatic heterocycles. The van der Waals surface area contributed by atoms with E-state index in [0.29, 0.717) is 0 Å². The molecule has 2 aromatic carbocycles. The maximum atomic E-state index is 5.78. The first-order chi connectivity index (χ1) is 11.1. The first kappa shape index (κ1) is 15.6. The van der Waals surface area contributed by atoms with Gasteiger partial charge < -0.3 is 9.30 Å². The lowest BCUT2D eigenvalue weighted by atomic mass is 10.1. The monoisotopic (exact) mass is 308 g/mol. The van der Waals surface area contributed by atoms with Crippen molar-refractivity contribution in [2.45, 2.75) is 40.2 Å². The van der Waals surface area contributed by atoms with Crippen LogP contribution in [0.5, 0.6) is 5.75 Å². The molecule has 0 spiro atoms. The van der Waals surface area contributed by atoms with E-state index >= 15 is 0 Å². The Morgan fingerprint density at radius 3 is 2.48 bits per heavy atom. The highest BCUT2D eigenvalue weighted by molar-refractivity contribution is 5.77. The van der Waals surface area contributed by atoms with Crippen molar-refractivity contribution in [1.29, 1.82) is 0 Å². The van der Waals surface area contributed by atoms with Crippen LogP contribution in [0, 0.1) is 20.8 Å². The molecule has 1 heterocycles. The molecule has 0 radical (unpaired) electrons. The van der Waals surface area contributed by atoms with Crippen LogP contribution in [-0.4, -0.2) is 16.2 Å². The second-order valence-electron chi connectivity index (χ2n) is 6.23. The Kier molecular flexibility index (Phi) is 4.65. The van der Waals surface area contributed by atoms with Gasteiger partial charge in [-0.05, 0) is 69.0 Å². The topological polar surface area (TPSA) is 27.1 Å². The Morgan fingerprint density at radius 2 is 1.70 bits per heavy atom. The van der Waals surface area contributed by atoms with Gasteiger partial charge >= 0.3 is 0 Å². The van der Waals surface area contributed by atoms with Crippen molar-refractivity contribution in [2.75, 3.05) is 6.61 Å². The zero-order valence-electron chi connectivity index (χ0n) is 14.2. The normalized spacial score (nSPS) is 11.1. The van der Waals surface area contributed by atoms with Crippen molar-refractivity contribution in [3.05, 3.63) is 59.4 Å². The first-order valence-corrected chi connectivity index (χ1v) is 8.25. The van der Waals surface area contributed by atoms with E-state index in [2.05, 4.69) is 54.6 Å². The summed E-state index contributed by atoms with van der Waals surface area (Å²) >= 11 is 0. The summed E-state index contributed by atoms with van der Waals surface area (Å²) in [5.74, 6) is 0.954. The number of unbranched alkanes of at least 4 members (excludes halogenated alkanes) is 1. The molecule has 0 atom stereocenters. The minimum Gasteiger partial charge on any atom is -0.494 e. The standard InChI is InChI=1S/C20H24N2O/c1-15-6-8-18(9-7-15)23-11-5-4-10-22-14-21-19-12-16(2)17(3)13-20(19)22/h6-9,12-14H,4-5,10-11H2,1-3H3. The number of hydrogen-bond donors (Lipinski definition) is 0. The largest absolute Gasteiger partial charge is 0.494 e. The number of nitrogens with zero attached hydrogens (tertiary/aromatic N) is 2. The van der Waals surface area contributed by atoms with E-state index in [0.717, 1.165) is 37.3 Å². The molecule has 0 fully saturated rings. The van der Waals surface area contributed by atoms with Crippen molar-refractivity contribution >= 4 is 11.0 Å². The Hall–Kier alpha value is -2.29. The minimum atomic E-state index is 0.758. The SMILES string of the molecule is Cc1ccc(OCCCCn2cnc3cc(C)c(C)cc32)cc1. The van der Waals surface area contributed by atoms with E-state index < -0.39 is 0 Å². The van der Waals surface area contributed by atoms with E-state index in [4.69, 9.17) is 4.74 Å². The minimum absolute atomic E-state index is 0.758. The third-order valence-electron chi connectivity index (χ3n) is 4.32. The number of rotatable bonds is 6. The van der Waals surface area contributed by atoms with E-state index in [1.165, 1.54) is 22.2 Å².